The topological polar surface area (TPSA) is 75.6 Å². The lowest BCUT2D eigenvalue weighted by Gasteiger charge is -2.09. The predicted molar refractivity (Wildman–Crippen MR) is 78.7 cm³/mol. The van der Waals surface area contributed by atoms with Crippen LogP contribution in [0.4, 0.5) is 10.1 Å². The average molecular weight is 303 g/mol. The normalized spacial score (nSPS) is 10.1. The third kappa shape index (κ3) is 3.60. The number of methoxy groups -OCH3 is 1. The van der Waals surface area contributed by atoms with Crippen LogP contribution in [0.3, 0.4) is 0 Å². The van der Waals surface area contributed by atoms with E-state index in [-0.39, 0.29) is 18.0 Å². The second kappa shape index (κ2) is 6.71. The van der Waals surface area contributed by atoms with E-state index in [1.165, 1.54) is 13.2 Å². The number of benzene rings is 2. The fourth-order valence-corrected chi connectivity index (χ4v) is 1.99. The van der Waals surface area contributed by atoms with Crippen molar-refractivity contribution in [1.82, 2.24) is 0 Å². The number of aromatic carboxylic acids is 1. The van der Waals surface area contributed by atoms with Gasteiger partial charge in [0, 0.05) is 11.3 Å². The minimum atomic E-state index is -1.36. The number of amides is 1. The lowest BCUT2D eigenvalue weighted by Crippen LogP contribution is -2.15. The molecule has 2 aromatic carbocycles. The predicted octanol–water partition coefficient (Wildman–Crippen LogP) is 2.71. The second-order valence-electron chi connectivity index (χ2n) is 4.54. The van der Waals surface area contributed by atoms with Crippen LogP contribution >= 0.6 is 0 Å². The Morgan fingerprint density at radius 1 is 1.23 bits per heavy atom. The third-order valence-electron chi connectivity index (χ3n) is 3.03. The number of carboxylic acids is 1. The van der Waals surface area contributed by atoms with Gasteiger partial charge in [0.15, 0.2) is 0 Å². The first kappa shape index (κ1) is 15.5. The molecular weight excluding hydrogens is 289 g/mol. The van der Waals surface area contributed by atoms with Crippen molar-refractivity contribution in [2.24, 2.45) is 0 Å². The number of hydrogen-bond donors (Lipinski definition) is 2. The van der Waals surface area contributed by atoms with E-state index < -0.39 is 17.3 Å². The lowest BCUT2D eigenvalue weighted by molar-refractivity contribution is -0.115. The van der Waals surface area contributed by atoms with Gasteiger partial charge in [-0.1, -0.05) is 18.2 Å². The van der Waals surface area contributed by atoms with E-state index in [1.807, 2.05) is 0 Å². The molecule has 0 fully saturated rings. The zero-order chi connectivity index (χ0) is 16.1. The molecule has 1 amide bonds. The highest BCUT2D eigenvalue weighted by atomic mass is 19.1. The number of ether oxygens (including phenoxy) is 1. The van der Waals surface area contributed by atoms with Crippen LogP contribution in [-0.2, 0) is 11.2 Å². The zero-order valence-electron chi connectivity index (χ0n) is 11.8. The summed E-state index contributed by atoms with van der Waals surface area (Å²) < 4.78 is 18.7. The Morgan fingerprint density at radius 3 is 2.59 bits per heavy atom. The number of carboxylic acid groups (broad SMARTS) is 1. The number of carbonyl (C=O) groups is 2. The maximum absolute atomic E-state index is 13.5. The standard InChI is InChI=1S/C16H14FNO4/c1-22-14-5-3-2-4-10(14)8-15(19)18-11-6-7-12(16(20)21)13(17)9-11/h2-7,9H,8H2,1H3,(H,18,19)(H,20,21). The van der Waals surface area contributed by atoms with Crippen LogP contribution in [0, 0.1) is 5.82 Å². The van der Waals surface area contributed by atoms with Crippen molar-refractivity contribution in [3.05, 3.63) is 59.4 Å². The first-order valence-corrected chi connectivity index (χ1v) is 6.46. The maximum Gasteiger partial charge on any atom is 0.338 e. The van der Waals surface area contributed by atoms with E-state index in [2.05, 4.69) is 5.32 Å². The molecule has 5 nitrogen and oxygen atoms in total. The van der Waals surface area contributed by atoms with Crippen LogP contribution < -0.4 is 10.1 Å². The number of hydrogen-bond acceptors (Lipinski definition) is 3. The molecule has 0 bridgehead atoms. The van der Waals surface area contributed by atoms with E-state index >= 15 is 0 Å². The van der Waals surface area contributed by atoms with Crippen molar-refractivity contribution in [2.45, 2.75) is 6.42 Å². The van der Waals surface area contributed by atoms with Crippen molar-refractivity contribution < 1.29 is 23.8 Å². The molecule has 0 saturated heterocycles. The van der Waals surface area contributed by atoms with Gasteiger partial charge in [-0.15, -0.1) is 0 Å². The minimum Gasteiger partial charge on any atom is -0.496 e. The fraction of sp³-hybridized carbons (Fsp3) is 0.125. The molecule has 114 valence electrons. The van der Waals surface area contributed by atoms with E-state index in [9.17, 15) is 14.0 Å². The number of rotatable bonds is 5. The van der Waals surface area contributed by atoms with E-state index in [0.717, 1.165) is 12.1 Å². The molecule has 2 rings (SSSR count). The van der Waals surface area contributed by atoms with Crippen LogP contribution in [-0.4, -0.2) is 24.1 Å². The summed E-state index contributed by atoms with van der Waals surface area (Å²) in [6, 6.07) is 10.5. The van der Waals surface area contributed by atoms with Crippen molar-refractivity contribution in [3.63, 3.8) is 0 Å². The number of halogens is 1. The maximum atomic E-state index is 13.5. The highest BCUT2D eigenvalue weighted by Gasteiger charge is 2.12. The molecule has 0 heterocycles. The molecule has 0 aliphatic carbocycles. The monoisotopic (exact) mass is 303 g/mol. The quantitative estimate of drug-likeness (QED) is 0.890. The molecule has 0 radical (unpaired) electrons. The lowest BCUT2D eigenvalue weighted by atomic mass is 10.1. The molecule has 0 aromatic heterocycles. The number of para-hydroxylation sites is 1. The molecule has 6 heteroatoms. The first-order valence-electron chi connectivity index (χ1n) is 6.46. The summed E-state index contributed by atoms with van der Waals surface area (Å²) in [6.07, 6.45) is 0.0618. The summed E-state index contributed by atoms with van der Waals surface area (Å²) in [4.78, 5) is 22.7. The van der Waals surface area contributed by atoms with Gasteiger partial charge in [-0.2, -0.15) is 0 Å². The highest BCUT2D eigenvalue weighted by Crippen LogP contribution is 2.19. The molecule has 2 N–H and O–H groups in total. The van der Waals surface area contributed by atoms with E-state index in [4.69, 9.17) is 9.84 Å². The summed E-state index contributed by atoms with van der Waals surface area (Å²) in [5, 5.41) is 11.3. The fourth-order valence-electron chi connectivity index (χ4n) is 1.99. The third-order valence-corrected chi connectivity index (χ3v) is 3.03. The zero-order valence-corrected chi connectivity index (χ0v) is 11.8. The Bertz CT molecular complexity index is 715. The van der Waals surface area contributed by atoms with E-state index in [1.54, 1.807) is 24.3 Å². The van der Waals surface area contributed by atoms with Crippen LogP contribution in [0.2, 0.25) is 0 Å². The molecule has 0 saturated carbocycles. The Balaban J connectivity index is 2.09. The summed E-state index contributed by atoms with van der Waals surface area (Å²) in [5.74, 6) is -2.02. The van der Waals surface area contributed by atoms with Crippen LogP contribution in [0.5, 0.6) is 5.75 Å². The van der Waals surface area contributed by atoms with Crippen LogP contribution in [0.15, 0.2) is 42.5 Å². The van der Waals surface area contributed by atoms with Gasteiger partial charge in [-0.05, 0) is 24.3 Å². The molecule has 0 atom stereocenters. The Morgan fingerprint density at radius 2 is 1.95 bits per heavy atom. The summed E-state index contributed by atoms with van der Waals surface area (Å²) in [6.45, 7) is 0. The van der Waals surface area contributed by atoms with Gasteiger partial charge in [0.1, 0.15) is 11.6 Å². The average Bonchev–Trinajstić information content (AvgIpc) is 2.47. The molecule has 0 aliphatic heterocycles. The Kier molecular flexibility index (Phi) is 4.73. The van der Waals surface area contributed by atoms with Gasteiger partial charge in [0.2, 0.25) is 5.91 Å². The Labute approximate surface area is 126 Å². The van der Waals surface area contributed by atoms with Gasteiger partial charge in [-0.3, -0.25) is 4.79 Å². The molecule has 0 spiro atoms. The summed E-state index contributed by atoms with van der Waals surface area (Å²) in [5.41, 5.74) is 0.454. The molecule has 0 aliphatic rings. The van der Waals surface area contributed by atoms with Crippen molar-refractivity contribution in [1.29, 1.82) is 0 Å². The van der Waals surface area contributed by atoms with Crippen molar-refractivity contribution in [2.75, 3.05) is 12.4 Å². The van der Waals surface area contributed by atoms with Gasteiger partial charge >= 0.3 is 5.97 Å². The molecule has 2 aromatic rings. The molecule has 22 heavy (non-hydrogen) atoms. The first-order chi connectivity index (χ1) is 10.5. The number of carbonyl (C=O) groups excluding carboxylic acids is 1. The number of nitrogens with one attached hydrogen (secondary N) is 1. The van der Waals surface area contributed by atoms with Crippen LogP contribution in [0.1, 0.15) is 15.9 Å². The van der Waals surface area contributed by atoms with Gasteiger partial charge < -0.3 is 15.2 Å². The SMILES string of the molecule is COc1ccccc1CC(=O)Nc1ccc(C(=O)O)c(F)c1. The van der Waals surface area contributed by atoms with Gasteiger partial charge in [0.25, 0.3) is 0 Å². The summed E-state index contributed by atoms with van der Waals surface area (Å²) in [7, 11) is 1.51. The smallest absolute Gasteiger partial charge is 0.338 e. The highest BCUT2D eigenvalue weighted by molar-refractivity contribution is 5.94. The minimum absolute atomic E-state index is 0.0618. The van der Waals surface area contributed by atoms with Crippen molar-refractivity contribution >= 4 is 17.6 Å². The molecular formula is C16H14FNO4. The Hall–Kier alpha value is -2.89. The van der Waals surface area contributed by atoms with Crippen molar-refractivity contribution in [3.8, 4) is 5.75 Å². The largest absolute Gasteiger partial charge is 0.496 e. The number of anilines is 1. The summed E-state index contributed by atoms with van der Waals surface area (Å²) >= 11 is 0. The van der Waals surface area contributed by atoms with E-state index in [0.29, 0.717) is 11.3 Å². The van der Waals surface area contributed by atoms with Gasteiger partial charge in [-0.25, -0.2) is 9.18 Å². The molecule has 0 unspecified atom stereocenters. The second-order valence-corrected chi connectivity index (χ2v) is 4.54. The van der Waals surface area contributed by atoms with Gasteiger partial charge in [0.05, 0.1) is 19.1 Å². The van der Waals surface area contributed by atoms with Crippen LogP contribution in [0.25, 0.3) is 0 Å².